The minimum Gasteiger partial charge on any atom is -0.333 e. The molecule has 0 aliphatic heterocycles. The van der Waals surface area contributed by atoms with Gasteiger partial charge in [0, 0.05) is 24.3 Å². The lowest BCUT2D eigenvalue weighted by Crippen LogP contribution is -2.11. The fourth-order valence-electron chi connectivity index (χ4n) is 2.33. The number of rotatable bonds is 5. The van der Waals surface area contributed by atoms with Crippen LogP contribution in [0.3, 0.4) is 0 Å². The van der Waals surface area contributed by atoms with E-state index in [2.05, 4.69) is 57.2 Å². The predicted molar refractivity (Wildman–Crippen MR) is 80.5 cm³/mol. The van der Waals surface area contributed by atoms with Crippen molar-refractivity contribution < 1.29 is 0 Å². The van der Waals surface area contributed by atoms with E-state index in [-0.39, 0.29) is 0 Å². The molecule has 0 amide bonds. The van der Waals surface area contributed by atoms with Crippen LogP contribution in [0.5, 0.6) is 0 Å². The Morgan fingerprint density at radius 1 is 1.15 bits per heavy atom. The van der Waals surface area contributed by atoms with Gasteiger partial charge in [0.25, 0.3) is 0 Å². The summed E-state index contributed by atoms with van der Waals surface area (Å²) in [6.45, 7) is 4.67. The zero-order valence-electron chi connectivity index (χ0n) is 11.6. The molecule has 0 bridgehead atoms. The van der Waals surface area contributed by atoms with Crippen LogP contribution in [0, 0.1) is 0 Å². The zero-order chi connectivity index (χ0) is 13.8. The van der Waals surface area contributed by atoms with E-state index in [0.29, 0.717) is 0 Å². The molecule has 0 atom stereocenters. The molecule has 2 aromatic heterocycles. The maximum Gasteiger partial charge on any atom is 0.0953 e. The van der Waals surface area contributed by atoms with Gasteiger partial charge in [0.05, 0.1) is 24.1 Å². The van der Waals surface area contributed by atoms with Crippen LogP contribution >= 0.6 is 0 Å². The SMILES string of the molecule is CCNCc1cn(Cc2cccc3cccnc23)cn1. The fraction of sp³-hybridized carbons (Fsp3) is 0.250. The number of aromatic nitrogens is 3. The molecule has 0 spiro atoms. The standard InChI is InChI=1S/C16H18N4/c1-2-17-9-15-11-20(12-19-15)10-14-6-3-5-13-7-4-8-18-16(13)14/h3-8,11-12,17H,2,9-10H2,1H3. The molecule has 0 radical (unpaired) electrons. The van der Waals surface area contributed by atoms with Gasteiger partial charge in [-0.25, -0.2) is 4.98 Å². The summed E-state index contributed by atoms with van der Waals surface area (Å²) in [5.74, 6) is 0. The molecule has 0 aliphatic rings. The molecule has 20 heavy (non-hydrogen) atoms. The quantitative estimate of drug-likeness (QED) is 0.772. The second-order valence-electron chi connectivity index (χ2n) is 4.81. The zero-order valence-corrected chi connectivity index (χ0v) is 11.6. The van der Waals surface area contributed by atoms with Crippen LogP contribution in [0.1, 0.15) is 18.2 Å². The lowest BCUT2D eigenvalue weighted by atomic mass is 10.1. The number of nitrogens with one attached hydrogen (secondary N) is 1. The molecular formula is C16H18N4. The van der Waals surface area contributed by atoms with Gasteiger partial charge in [-0.2, -0.15) is 0 Å². The molecule has 0 saturated heterocycles. The lowest BCUT2D eigenvalue weighted by molar-refractivity contribution is 0.712. The average molecular weight is 266 g/mol. The van der Waals surface area contributed by atoms with E-state index in [4.69, 9.17) is 0 Å². The van der Waals surface area contributed by atoms with Crippen molar-refractivity contribution in [3.8, 4) is 0 Å². The number of hydrogen-bond acceptors (Lipinski definition) is 3. The van der Waals surface area contributed by atoms with E-state index < -0.39 is 0 Å². The van der Waals surface area contributed by atoms with Gasteiger partial charge in [-0.15, -0.1) is 0 Å². The molecule has 3 aromatic rings. The van der Waals surface area contributed by atoms with Crippen LogP contribution in [0.4, 0.5) is 0 Å². The topological polar surface area (TPSA) is 42.7 Å². The molecule has 1 N–H and O–H groups in total. The third-order valence-corrected chi connectivity index (χ3v) is 3.31. The lowest BCUT2D eigenvalue weighted by Gasteiger charge is -2.06. The summed E-state index contributed by atoms with van der Waals surface area (Å²) >= 11 is 0. The number of imidazole rings is 1. The maximum absolute atomic E-state index is 4.49. The third-order valence-electron chi connectivity index (χ3n) is 3.31. The first kappa shape index (κ1) is 12.8. The van der Waals surface area contributed by atoms with Gasteiger partial charge in [0.2, 0.25) is 0 Å². The van der Waals surface area contributed by atoms with Crippen molar-refractivity contribution in [3.63, 3.8) is 0 Å². The second kappa shape index (κ2) is 5.84. The summed E-state index contributed by atoms with van der Waals surface area (Å²) in [6.07, 6.45) is 5.81. The summed E-state index contributed by atoms with van der Waals surface area (Å²) in [7, 11) is 0. The second-order valence-corrected chi connectivity index (χ2v) is 4.81. The molecule has 102 valence electrons. The first-order valence-electron chi connectivity index (χ1n) is 6.91. The number of para-hydroxylation sites is 1. The molecule has 1 aromatic carbocycles. The van der Waals surface area contributed by atoms with Gasteiger partial charge >= 0.3 is 0 Å². The first-order valence-corrected chi connectivity index (χ1v) is 6.91. The van der Waals surface area contributed by atoms with Gasteiger partial charge in [-0.3, -0.25) is 4.98 Å². The van der Waals surface area contributed by atoms with E-state index in [0.717, 1.165) is 30.8 Å². The highest BCUT2D eigenvalue weighted by atomic mass is 15.0. The molecule has 0 saturated carbocycles. The minimum absolute atomic E-state index is 0.799. The Morgan fingerprint density at radius 2 is 2.05 bits per heavy atom. The van der Waals surface area contributed by atoms with Gasteiger partial charge in [0.15, 0.2) is 0 Å². The summed E-state index contributed by atoms with van der Waals surface area (Å²) in [5.41, 5.74) is 3.35. The number of pyridine rings is 1. The van der Waals surface area contributed by atoms with Crippen molar-refractivity contribution in [1.29, 1.82) is 0 Å². The summed E-state index contributed by atoms with van der Waals surface area (Å²) in [6, 6.07) is 10.4. The Morgan fingerprint density at radius 3 is 2.95 bits per heavy atom. The highest BCUT2D eigenvalue weighted by Gasteiger charge is 2.04. The van der Waals surface area contributed by atoms with Gasteiger partial charge in [-0.05, 0) is 18.2 Å². The molecule has 0 fully saturated rings. The van der Waals surface area contributed by atoms with Crippen LogP contribution < -0.4 is 5.32 Å². The number of nitrogens with zero attached hydrogens (tertiary/aromatic N) is 3. The Kier molecular flexibility index (Phi) is 3.74. The molecular weight excluding hydrogens is 248 g/mol. The van der Waals surface area contributed by atoms with E-state index in [9.17, 15) is 0 Å². The molecule has 4 nitrogen and oxygen atoms in total. The van der Waals surface area contributed by atoms with E-state index in [1.54, 1.807) is 0 Å². The summed E-state index contributed by atoms with van der Waals surface area (Å²) < 4.78 is 2.11. The fourth-order valence-corrected chi connectivity index (χ4v) is 2.33. The van der Waals surface area contributed by atoms with E-state index in [1.807, 2.05) is 18.6 Å². The van der Waals surface area contributed by atoms with Gasteiger partial charge < -0.3 is 9.88 Å². The normalized spacial score (nSPS) is 11.1. The average Bonchev–Trinajstić information content (AvgIpc) is 2.93. The Hall–Kier alpha value is -2.20. The van der Waals surface area contributed by atoms with Crippen molar-refractivity contribution in [2.75, 3.05) is 6.54 Å². The van der Waals surface area contributed by atoms with E-state index >= 15 is 0 Å². The highest BCUT2D eigenvalue weighted by Crippen LogP contribution is 2.17. The van der Waals surface area contributed by atoms with Crippen LogP contribution in [-0.2, 0) is 13.1 Å². The monoisotopic (exact) mass is 266 g/mol. The highest BCUT2D eigenvalue weighted by molar-refractivity contribution is 5.81. The Balaban J connectivity index is 1.84. The summed E-state index contributed by atoms with van der Waals surface area (Å²) in [5, 5.41) is 4.46. The molecule has 0 unspecified atom stereocenters. The first-order chi connectivity index (χ1) is 9.86. The Bertz CT molecular complexity index is 697. The number of fused-ring (bicyclic) bond motifs is 1. The maximum atomic E-state index is 4.49. The molecule has 0 aliphatic carbocycles. The van der Waals surface area contributed by atoms with Crippen molar-refractivity contribution in [2.24, 2.45) is 0 Å². The molecule has 3 rings (SSSR count). The van der Waals surface area contributed by atoms with Crippen molar-refractivity contribution >= 4 is 10.9 Å². The van der Waals surface area contributed by atoms with Gasteiger partial charge in [0.1, 0.15) is 0 Å². The smallest absolute Gasteiger partial charge is 0.0953 e. The third kappa shape index (κ3) is 2.70. The minimum atomic E-state index is 0.799. The van der Waals surface area contributed by atoms with Crippen molar-refractivity contribution in [2.45, 2.75) is 20.0 Å². The van der Waals surface area contributed by atoms with Crippen LogP contribution in [0.15, 0.2) is 49.1 Å². The predicted octanol–water partition coefficient (Wildman–Crippen LogP) is 2.59. The number of benzene rings is 1. The summed E-state index contributed by atoms with van der Waals surface area (Å²) in [4.78, 5) is 8.90. The largest absolute Gasteiger partial charge is 0.333 e. The van der Waals surface area contributed by atoms with Gasteiger partial charge in [-0.1, -0.05) is 31.2 Å². The number of hydrogen-bond donors (Lipinski definition) is 1. The van der Waals surface area contributed by atoms with Crippen LogP contribution in [0.2, 0.25) is 0 Å². The van der Waals surface area contributed by atoms with Crippen molar-refractivity contribution in [1.82, 2.24) is 19.9 Å². The van der Waals surface area contributed by atoms with Crippen molar-refractivity contribution in [3.05, 3.63) is 60.3 Å². The molecule has 2 heterocycles. The Labute approximate surface area is 118 Å². The van der Waals surface area contributed by atoms with E-state index in [1.165, 1.54) is 10.9 Å². The van der Waals surface area contributed by atoms with Crippen LogP contribution in [0.25, 0.3) is 10.9 Å². The van der Waals surface area contributed by atoms with Crippen LogP contribution in [-0.4, -0.2) is 21.1 Å². The molecule has 4 heteroatoms.